The summed E-state index contributed by atoms with van der Waals surface area (Å²) in [6, 6.07) is 5.55. The van der Waals surface area contributed by atoms with Gasteiger partial charge in [-0.1, -0.05) is 40.9 Å². The van der Waals surface area contributed by atoms with Crippen molar-refractivity contribution < 1.29 is 14.7 Å². The number of halogens is 3. The molecule has 1 unspecified atom stereocenters. The van der Waals surface area contributed by atoms with Crippen molar-refractivity contribution in [1.29, 1.82) is 0 Å². The van der Waals surface area contributed by atoms with Crippen LogP contribution in [0.1, 0.15) is 29.0 Å². The molecule has 0 spiro atoms. The van der Waals surface area contributed by atoms with E-state index in [0.29, 0.717) is 15.6 Å². The molecule has 146 valence electrons. The summed E-state index contributed by atoms with van der Waals surface area (Å²) in [5, 5.41) is 21.0. The van der Waals surface area contributed by atoms with Crippen LogP contribution in [0.2, 0.25) is 15.1 Å². The molecule has 3 rings (SSSR count). The molecule has 11 heteroatoms. The largest absolute Gasteiger partial charge is 0.480 e. The van der Waals surface area contributed by atoms with Crippen molar-refractivity contribution in [3.63, 3.8) is 0 Å². The molecule has 0 aliphatic rings. The van der Waals surface area contributed by atoms with Gasteiger partial charge in [-0.05, 0) is 25.1 Å². The molecule has 0 saturated carbocycles. The number of hydrogen-bond donors (Lipinski definition) is 2. The highest BCUT2D eigenvalue weighted by atomic mass is 35.5. The van der Waals surface area contributed by atoms with Crippen LogP contribution in [0.15, 0.2) is 36.7 Å². The fourth-order valence-electron chi connectivity index (χ4n) is 2.49. The normalized spacial score (nSPS) is 12.0. The van der Waals surface area contributed by atoms with E-state index in [-0.39, 0.29) is 23.1 Å². The smallest absolute Gasteiger partial charge is 0.328 e. The van der Waals surface area contributed by atoms with Gasteiger partial charge in [0.1, 0.15) is 16.8 Å². The number of carboxylic acid groups (broad SMARTS) is 1. The zero-order chi connectivity index (χ0) is 20.4. The average molecular weight is 443 g/mol. The first-order valence-electron chi connectivity index (χ1n) is 8.01. The molecular formula is C17H14Cl3N5O3. The first kappa shape index (κ1) is 20.2. The van der Waals surface area contributed by atoms with Gasteiger partial charge < -0.3 is 10.4 Å². The first-order valence-corrected chi connectivity index (χ1v) is 9.15. The minimum Gasteiger partial charge on any atom is -0.480 e. The third-order valence-corrected chi connectivity index (χ3v) is 4.94. The summed E-state index contributed by atoms with van der Waals surface area (Å²) in [5.74, 6) is -1.59. The van der Waals surface area contributed by atoms with Crippen LogP contribution >= 0.6 is 34.8 Å². The number of carboxylic acids is 1. The summed E-state index contributed by atoms with van der Waals surface area (Å²) in [4.78, 5) is 23.7. The van der Waals surface area contributed by atoms with Crippen molar-refractivity contribution in [2.75, 3.05) is 5.32 Å². The van der Waals surface area contributed by atoms with Crippen molar-refractivity contribution >= 4 is 52.5 Å². The van der Waals surface area contributed by atoms with Gasteiger partial charge in [0.05, 0.1) is 6.54 Å². The summed E-state index contributed by atoms with van der Waals surface area (Å²) in [7, 11) is 0. The Hall–Kier alpha value is -2.55. The quantitative estimate of drug-likeness (QED) is 0.601. The maximum absolute atomic E-state index is 12.5. The fourth-order valence-corrected chi connectivity index (χ4v) is 3.20. The number of amides is 1. The minimum absolute atomic E-state index is 0.0645. The number of aliphatic carboxylic acids is 1. The zero-order valence-electron chi connectivity index (χ0n) is 14.4. The highest BCUT2D eigenvalue weighted by molar-refractivity contribution is 6.36. The summed E-state index contributed by atoms with van der Waals surface area (Å²) in [6.07, 6.45) is 2.86. The molecule has 0 bridgehead atoms. The van der Waals surface area contributed by atoms with E-state index in [1.165, 1.54) is 30.1 Å². The van der Waals surface area contributed by atoms with Gasteiger partial charge >= 0.3 is 5.97 Å². The number of carbonyl (C=O) groups excluding carboxylic acids is 1. The Bertz CT molecular complexity index is 1030. The number of hydrogen-bond acceptors (Lipinski definition) is 4. The minimum atomic E-state index is -1.11. The Morgan fingerprint density at radius 1 is 1.18 bits per heavy atom. The lowest BCUT2D eigenvalue weighted by Crippen LogP contribution is -2.24. The summed E-state index contributed by atoms with van der Waals surface area (Å²) >= 11 is 18.5. The summed E-state index contributed by atoms with van der Waals surface area (Å²) in [5.41, 5.74) is 0.728. The Morgan fingerprint density at radius 2 is 1.86 bits per heavy atom. The van der Waals surface area contributed by atoms with Crippen LogP contribution in [-0.4, -0.2) is 36.5 Å². The third-order valence-electron chi connectivity index (χ3n) is 3.96. The summed E-state index contributed by atoms with van der Waals surface area (Å²) < 4.78 is 2.59. The SMILES string of the molecule is CC(C(=O)O)n1nccc1C(=O)Nc1nn(Cc2c(Cl)cccc2Cl)cc1Cl. The van der Waals surface area contributed by atoms with Gasteiger partial charge in [0.2, 0.25) is 0 Å². The molecule has 1 atom stereocenters. The van der Waals surface area contributed by atoms with Crippen LogP contribution in [0.5, 0.6) is 0 Å². The third kappa shape index (κ3) is 4.14. The molecule has 8 nitrogen and oxygen atoms in total. The Kier molecular flexibility index (Phi) is 5.93. The number of nitrogens with one attached hydrogen (secondary N) is 1. The molecule has 1 aromatic carbocycles. The van der Waals surface area contributed by atoms with Gasteiger partial charge in [-0.2, -0.15) is 10.2 Å². The van der Waals surface area contributed by atoms with Crippen LogP contribution in [0, 0.1) is 0 Å². The summed E-state index contributed by atoms with van der Waals surface area (Å²) in [6.45, 7) is 1.67. The van der Waals surface area contributed by atoms with Crippen molar-refractivity contribution in [2.24, 2.45) is 0 Å². The Balaban J connectivity index is 1.80. The monoisotopic (exact) mass is 441 g/mol. The second kappa shape index (κ2) is 8.22. The maximum Gasteiger partial charge on any atom is 0.328 e. The van der Waals surface area contributed by atoms with Gasteiger partial charge in [-0.3, -0.25) is 9.48 Å². The molecule has 2 aromatic heterocycles. The fraction of sp³-hybridized carbons (Fsp3) is 0.176. The van der Waals surface area contributed by atoms with E-state index < -0.39 is 17.9 Å². The number of carbonyl (C=O) groups is 2. The molecule has 3 aromatic rings. The van der Waals surface area contributed by atoms with Gasteiger partial charge in [0.15, 0.2) is 5.82 Å². The van der Waals surface area contributed by atoms with Crippen molar-refractivity contribution in [1.82, 2.24) is 19.6 Å². The lowest BCUT2D eigenvalue weighted by Gasteiger charge is -2.11. The number of benzene rings is 1. The highest BCUT2D eigenvalue weighted by Crippen LogP contribution is 2.27. The molecule has 2 N–H and O–H groups in total. The van der Waals surface area contributed by atoms with Gasteiger partial charge in [0.25, 0.3) is 5.91 Å². The van der Waals surface area contributed by atoms with Crippen molar-refractivity contribution in [3.8, 4) is 0 Å². The zero-order valence-corrected chi connectivity index (χ0v) is 16.7. The molecule has 2 heterocycles. The number of rotatable bonds is 6. The number of aromatic nitrogens is 4. The van der Waals surface area contributed by atoms with E-state index in [9.17, 15) is 9.59 Å². The molecule has 0 radical (unpaired) electrons. The molecule has 1 amide bonds. The maximum atomic E-state index is 12.5. The van der Waals surface area contributed by atoms with Crippen molar-refractivity contribution in [2.45, 2.75) is 19.5 Å². The van der Waals surface area contributed by atoms with Crippen LogP contribution in [0.25, 0.3) is 0 Å². The van der Waals surface area contributed by atoms with Crippen LogP contribution in [0.4, 0.5) is 5.82 Å². The van der Waals surface area contributed by atoms with Crippen LogP contribution < -0.4 is 5.32 Å². The van der Waals surface area contributed by atoms with E-state index in [2.05, 4.69) is 15.5 Å². The topological polar surface area (TPSA) is 102 Å². The first-order chi connectivity index (χ1) is 13.3. The Morgan fingerprint density at radius 3 is 2.50 bits per heavy atom. The molecular weight excluding hydrogens is 429 g/mol. The lowest BCUT2D eigenvalue weighted by atomic mass is 10.2. The molecule has 0 aliphatic heterocycles. The average Bonchev–Trinajstić information content (AvgIpc) is 3.25. The Labute approximate surface area is 174 Å². The second-order valence-corrected chi connectivity index (χ2v) is 7.07. The van der Waals surface area contributed by atoms with Gasteiger partial charge in [0, 0.05) is 28.0 Å². The molecule has 0 aliphatic carbocycles. The number of nitrogens with zero attached hydrogens (tertiary/aromatic N) is 4. The molecule has 0 fully saturated rings. The standard InChI is InChI=1S/C17H14Cl3N5O3/c1-9(17(27)28)25-14(5-6-21-25)16(26)22-15-13(20)8-24(23-15)7-10-11(18)3-2-4-12(10)19/h2-6,8-9H,7H2,1H3,(H,27,28)(H,22,23,26). The van der Waals surface area contributed by atoms with E-state index in [1.54, 1.807) is 18.2 Å². The van der Waals surface area contributed by atoms with Gasteiger partial charge in [-0.15, -0.1) is 0 Å². The lowest BCUT2D eigenvalue weighted by molar-refractivity contribution is -0.140. The van der Waals surface area contributed by atoms with E-state index >= 15 is 0 Å². The van der Waals surface area contributed by atoms with Crippen LogP contribution in [0.3, 0.4) is 0 Å². The molecule has 0 saturated heterocycles. The van der Waals surface area contributed by atoms with E-state index in [1.807, 2.05) is 0 Å². The number of anilines is 1. The predicted octanol–water partition coefficient (Wildman–Crippen LogP) is 3.99. The van der Waals surface area contributed by atoms with E-state index in [4.69, 9.17) is 39.9 Å². The van der Waals surface area contributed by atoms with Crippen molar-refractivity contribution in [3.05, 3.63) is 63.0 Å². The predicted molar refractivity (Wildman–Crippen MR) is 105 cm³/mol. The van der Waals surface area contributed by atoms with Crippen LogP contribution in [-0.2, 0) is 11.3 Å². The van der Waals surface area contributed by atoms with E-state index in [0.717, 1.165) is 4.68 Å². The highest BCUT2D eigenvalue weighted by Gasteiger charge is 2.22. The van der Waals surface area contributed by atoms with Gasteiger partial charge in [-0.25, -0.2) is 9.48 Å². The molecule has 28 heavy (non-hydrogen) atoms. The second-order valence-electron chi connectivity index (χ2n) is 5.85.